The molecule has 0 atom stereocenters. The van der Waals surface area contributed by atoms with Crippen molar-refractivity contribution in [2.24, 2.45) is 0 Å². The number of ether oxygens (including phenoxy) is 1. The summed E-state index contributed by atoms with van der Waals surface area (Å²) in [5.74, 6) is 1.37. The molecule has 2 N–H and O–H groups in total. The summed E-state index contributed by atoms with van der Waals surface area (Å²) in [6.07, 6.45) is 1.85. The topological polar surface area (TPSA) is 65.4 Å². The molecule has 0 aliphatic rings. The molecule has 5 nitrogen and oxygen atoms in total. The van der Waals surface area contributed by atoms with E-state index in [1.54, 1.807) is 4.52 Å². The molecule has 0 radical (unpaired) electrons. The third-order valence-corrected chi connectivity index (χ3v) is 2.77. The second kappa shape index (κ2) is 4.61. The van der Waals surface area contributed by atoms with Crippen LogP contribution in [0.3, 0.4) is 0 Å². The first-order valence-corrected chi connectivity index (χ1v) is 6.12. The van der Waals surface area contributed by atoms with Gasteiger partial charge in [-0.15, -0.1) is 5.10 Å². The molecule has 0 amide bonds. The molecule has 0 unspecified atom stereocenters. The average Bonchev–Trinajstić information content (AvgIpc) is 2.84. The largest absolute Gasteiger partial charge is 0.490 e. The number of benzene rings is 1. The van der Waals surface area contributed by atoms with Crippen molar-refractivity contribution in [1.29, 1.82) is 0 Å². The number of nitrogens with two attached hydrogens (primary N) is 1. The van der Waals surface area contributed by atoms with Crippen molar-refractivity contribution in [2.75, 3.05) is 12.3 Å². The molecular weight excluding hydrogens is 240 g/mol. The number of hydrogen-bond acceptors (Lipinski definition) is 4. The van der Waals surface area contributed by atoms with E-state index in [4.69, 9.17) is 10.5 Å². The molecule has 1 aromatic carbocycles. The van der Waals surface area contributed by atoms with Gasteiger partial charge in [-0.2, -0.15) is 0 Å². The summed E-state index contributed by atoms with van der Waals surface area (Å²) in [7, 11) is 0. The molecule has 0 fully saturated rings. The summed E-state index contributed by atoms with van der Waals surface area (Å²) >= 11 is 0. The summed E-state index contributed by atoms with van der Waals surface area (Å²) in [5, 5.41) is 4.44. The highest BCUT2D eigenvalue weighted by Gasteiger charge is 2.10. The summed E-state index contributed by atoms with van der Waals surface area (Å²) in [6.45, 7) is 2.54. The second-order valence-corrected chi connectivity index (χ2v) is 4.13. The SMILES string of the molecule is CCOc1cccn2nc(-c3cccc(N)c3)nc12. The van der Waals surface area contributed by atoms with Gasteiger partial charge in [0.25, 0.3) is 0 Å². The van der Waals surface area contributed by atoms with Gasteiger partial charge in [0.2, 0.25) is 0 Å². The van der Waals surface area contributed by atoms with Gasteiger partial charge in [0.05, 0.1) is 6.61 Å². The van der Waals surface area contributed by atoms with E-state index in [9.17, 15) is 0 Å². The van der Waals surface area contributed by atoms with Gasteiger partial charge in [-0.1, -0.05) is 12.1 Å². The Morgan fingerprint density at radius 3 is 2.95 bits per heavy atom. The Balaban J connectivity index is 2.14. The van der Waals surface area contributed by atoms with E-state index in [-0.39, 0.29) is 0 Å². The fourth-order valence-corrected chi connectivity index (χ4v) is 1.95. The minimum Gasteiger partial charge on any atom is -0.490 e. The number of nitrogens with zero attached hydrogens (tertiary/aromatic N) is 3. The third kappa shape index (κ3) is 2.10. The van der Waals surface area contributed by atoms with Crippen LogP contribution in [0.5, 0.6) is 5.75 Å². The van der Waals surface area contributed by atoms with Crippen LogP contribution in [0.4, 0.5) is 5.69 Å². The predicted octanol–water partition coefficient (Wildman–Crippen LogP) is 2.38. The fraction of sp³-hybridized carbons (Fsp3) is 0.143. The fourth-order valence-electron chi connectivity index (χ4n) is 1.95. The maximum atomic E-state index is 5.78. The van der Waals surface area contributed by atoms with Crippen LogP contribution in [-0.2, 0) is 0 Å². The number of nitrogen functional groups attached to an aromatic ring is 1. The van der Waals surface area contributed by atoms with Crippen LogP contribution in [0.25, 0.3) is 17.0 Å². The molecule has 96 valence electrons. The summed E-state index contributed by atoms with van der Waals surface area (Å²) in [5.41, 5.74) is 8.08. The van der Waals surface area contributed by atoms with Crippen molar-refractivity contribution in [1.82, 2.24) is 14.6 Å². The molecule has 19 heavy (non-hydrogen) atoms. The van der Waals surface area contributed by atoms with Gasteiger partial charge in [-0.3, -0.25) is 0 Å². The van der Waals surface area contributed by atoms with Gasteiger partial charge >= 0.3 is 0 Å². The maximum Gasteiger partial charge on any atom is 0.198 e. The normalized spacial score (nSPS) is 10.8. The predicted molar refractivity (Wildman–Crippen MR) is 74.0 cm³/mol. The first kappa shape index (κ1) is 11.5. The summed E-state index contributed by atoms with van der Waals surface area (Å²) < 4.78 is 7.26. The molecule has 2 heterocycles. The molecular formula is C14H14N4O. The molecule has 0 spiro atoms. The molecule has 3 aromatic rings. The van der Waals surface area contributed by atoms with E-state index in [2.05, 4.69) is 10.1 Å². The van der Waals surface area contributed by atoms with Crippen LogP contribution in [0, 0.1) is 0 Å². The van der Waals surface area contributed by atoms with E-state index in [1.165, 1.54) is 0 Å². The maximum absolute atomic E-state index is 5.78. The number of hydrogen-bond donors (Lipinski definition) is 1. The first-order valence-electron chi connectivity index (χ1n) is 6.12. The number of aromatic nitrogens is 3. The minimum absolute atomic E-state index is 0.597. The minimum atomic E-state index is 0.597. The highest BCUT2D eigenvalue weighted by atomic mass is 16.5. The Labute approximate surface area is 110 Å². The van der Waals surface area contributed by atoms with Gasteiger partial charge < -0.3 is 10.5 Å². The molecule has 0 aliphatic carbocycles. The van der Waals surface area contributed by atoms with E-state index >= 15 is 0 Å². The van der Waals surface area contributed by atoms with E-state index in [0.717, 1.165) is 11.3 Å². The van der Waals surface area contributed by atoms with Crippen LogP contribution < -0.4 is 10.5 Å². The van der Waals surface area contributed by atoms with Crippen LogP contribution in [-0.4, -0.2) is 21.2 Å². The number of pyridine rings is 1. The number of rotatable bonds is 3. The Hall–Kier alpha value is -2.56. The number of anilines is 1. The van der Waals surface area contributed by atoms with Gasteiger partial charge in [0.15, 0.2) is 17.2 Å². The van der Waals surface area contributed by atoms with Crippen molar-refractivity contribution in [3.05, 3.63) is 42.6 Å². The zero-order valence-corrected chi connectivity index (χ0v) is 10.6. The Bertz CT molecular complexity index is 720. The third-order valence-electron chi connectivity index (χ3n) is 2.77. The van der Waals surface area contributed by atoms with Crippen LogP contribution in [0.2, 0.25) is 0 Å². The highest BCUT2D eigenvalue weighted by molar-refractivity contribution is 5.65. The number of fused-ring (bicyclic) bond motifs is 1. The lowest BCUT2D eigenvalue weighted by Crippen LogP contribution is -1.95. The zero-order chi connectivity index (χ0) is 13.2. The second-order valence-electron chi connectivity index (χ2n) is 4.13. The van der Waals surface area contributed by atoms with Crippen molar-refractivity contribution in [3.63, 3.8) is 0 Å². The quantitative estimate of drug-likeness (QED) is 0.729. The summed E-state index contributed by atoms with van der Waals surface area (Å²) in [4.78, 5) is 4.51. The monoisotopic (exact) mass is 254 g/mol. The Kier molecular flexibility index (Phi) is 2.79. The first-order chi connectivity index (χ1) is 9.28. The molecule has 0 bridgehead atoms. The van der Waals surface area contributed by atoms with Crippen LogP contribution in [0.1, 0.15) is 6.92 Å². The van der Waals surface area contributed by atoms with Gasteiger partial charge in [0.1, 0.15) is 0 Å². The molecule has 5 heteroatoms. The molecule has 0 saturated carbocycles. The van der Waals surface area contributed by atoms with Crippen molar-refractivity contribution >= 4 is 11.3 Å². The average molecular weight is 254 g/mol. The van der Waals surface area contributed by atoms with Crippen molar-refractivity contribution in [2.45, 2.75) is 6.92 Å². The van der Waals surface area contributed by atoms with Crippen molar-refractivity contribution < 1.29 is 4.74 Å². The lowest BCUT2D eigenvalue weighted by Gasteiger charge is -2.02. The van der Waals surface area contributed by atoms with Gasteiger partial charge in [-0.25, -0.2) is 9.50 Å². The smallest absolute Gasteiger partial charge is 0.198 e. The highest BCUT2D eigenvalue weighted by Crippen LogP contribution is 2.23. The Morgan fingerprint density at radius 2 is 2.16 bits per heavy atom. The summed E-state index contributed by atoms with van der Waals surface area (Å²) in [6, 6.07) is 11.3. The molecule has 0 aliphatic heterocycles. The van der Waals surface area contributed by atoms with E-state index in [1.807, 2.05) is 49.5 Å². The van der Waals surface area contributed by atoms with Crippen molar-refractivity contribution in [3.8, 4) is 17.1 Å². The Morgan fingerprint density at radius 1 is 1.26 bits per heavy atom. The van der Waals surface area contributed by atoms with Crippen LogP contribution >= 0.6 is 0 Å². The lowest BCUT2D eigenvalue weighted by atomic mass is 10.2. The van der Waals surface area contributed by atoms with E-state index < -0.39 is 0 Å². The van der Waals surface area contributed by atoms with Crippen LogP contribution in [0.15, 0.2) is 42.6 Å². The molecule has 2 aromatic heterocycles. The zero-order valence-electron chi connectivity index (χ0n) is 10.6. The molecule has 0 saturated heterocycles. The van der Waals surface area contributed by atoms with E-state index in [0.29, 0.717) is 23.8 Å². The molecule has 3 rings (SSSR count). The standard InChI is InChI=1S/C14H14N4O/c1-2-19-12-7-4-8-18-14(12)16-13(17-18)10-5-3-6-11(15)9-10/h3-9H,2,15H2,1H3. The van der Waals surface area contributed by atoms with Gasteiger partial charge in [0, 0.05) is 17.4 Å². The van der Waals surface area contributed by atoms with Gasteiger partial charge in [-0.05, 0) is 31.2 Å². The lowest BCUT2D eigenvalue weighted by molar-refractivity contribution is 0.342.